The molecule has 4 heteroatoms. The van der Waals surface area contributed by atoms with E-state index < -0.39 is 0 Å². The molecule has 1 heterocycles. The molecule has 3 aromatic rings. The van der Waals surface area contributed by atoms with Gasteiger partial charge in [0.15, 0.2) is 0 Å². The van der Waals surface area contributed by atoms with Crippen LogP contribution in [0.2, 0.25) is 0 Å². The molecule has 0 fully saturated rings. The first-order valence-electron chi connectivity index (χ1n) is 6.93. The van der Waals surface area contributed by atoms with Gasteiger partial charge >= 0.3 is 0 Å². The molecule has 22 heavy (non-hydrogen) atoms. The molecule has 0 spiro atoms. The minimum absolute atomic E-state index is 0.209. The van der Waals surface area contributed by atoms with Crippen LogP contribution in [0.3, 0.4) is 0 Å². The molecule has 0 amide bonds. The normalized spacial score (nSPS) is 12.0. The zero-order valence-electron chi connectivity index (χ0n) is 12.3. The van der Waals surface area contributed by atoms with Crippen LogP contribution in [0, 0.1) is 11.3 Å². The number of furan rings is 1. The molecule has 110 valence electrons. The molecule has 1 aromatic heterocycles. The second-order valence-electron chi connectivity index (χ2n) is 5.14. The van der Waals surface area contributed by atoms with E-state index in [2.05, 4.69) is 6.07 Å². The van der Waals surface area contributed by atoms with Gasteiger partial charge in [0.1, 0.15) is 22.8 Å². The number of fused-ring (bicyclic) bond motifs is 1. The zero-order valence-corrected chi connectivity index (χ0v) is 12.3. The number of ether oxygens (including phenoxy) is 1. The van der Waals surface area contributed by atoms with Crippen molar-refractivity contribution in [3.63, 3.8) is 0 Å². The van der Waals surface area contributed by atoms with Crippen LogP contribution < -0.4 is 4.74 Å². The Morgan fingerprint density at radius 2 is 1.91 bits per heavy atom. The molecule has 1 unspecified atom stereocenters. The highest BCUT2D eigenvalue weighted by molar-refractivity contribution is 5.87. The van der Waals surface area contributed by atoms with Gasteiger partial charge < -0.3 is 14.3 Å². The number of nitriles is 1. The van der Waals surface area contributed by atoms with Crippen LogP contribution in [-0.2, 0) is 0 Å². The summed E-state index contributed by atoms with van der Waals surface area (Å²) >= 11 is 0. The van der Waals surface area contributed by atoms with E-state index in [0.29, 0.717) is 17.1 Å². The highest BCUT2D eigenvalue weighted by Gasteiger charge is 2.16. The van der Waals surface area contributed by atoms with Crippen LogP contribution in [0.25, 0.3) is 22.3 Å². The fourth-order valence-corrected chi connectivity index (χ4v) is 2.43. The largest absolute Gasteiger partial charge is 0.508 e. The average molecular weight is 293 g/mol. The fourth-order valence-electron chi connectivity index (χ4n) is 2.43. The van der Waals surface area contributed by atoms with Crippen molar-refractivity contribution in [2.24, 2.45) is 0 Å². The van der Waals surface area contributed by atoms with Gasteiger partial charge in [0, 0.05) is 16.5 Å². The maximum atomic E-state index is 9.38. The van der Waals surface area contributed by atoms with Crippen LogP contribution in [0.4, 0.5) is 0 Å². The van der Waals surface area contributed by atoms with Gasteiger partial charge in [0.25, 0.3) is 0 Å². The van der Waals surface area contributed by atoms with Gasteiger partial charge in [-0.2, -0.15) is 5.26 Å². The molecular weight excluding hydrogens is 278 g/mol. The summed E-state index contributed by atoms with van der Waals surface area (Å²) in [5, 5.41) is 19.5. The van der Waals surface area contributed by atoms with Gasteiger partial charge in [-0.1, -0.05) is 0 Å². The lowest BCUT2D eigenvalue weighted by atomic mass is 10.0. The fraction of sp³-hybridized carbons (Fsp3) is 0.167. The molecule has 0 saturated carbocycles. The lowest BCUT2D eigenvalue weighted by Crippen LogP contribution is -1.92. The van der Waals surface area contributed by atoms with E-state index in [1.165, 1.54) is 0 Å². The molecule has 4 nitrogen and oxygen atoms in total. The van der Waals surface area contributed by atoms with Gasteiger partial charge in [0.05, 0.1) is 19.1 Å². The number of phenols is 1. The van der Waals surface area contributed by atoms with Crippen molar-refractivity contribution in [2.75, 3.05) is 7.11 Å². The van der Waals surface area contributed by atoms with E-state index in [9.17, 15) is 10.4 Å². The van der Waals surface area contributed by atoms with Gasteiger partial charge in [0.2, 0.25) is 0 Å². The van der Waals surface area contributed by atoms with Crippen molar-refractivity contribution in [1.29, 1.82) is 5.26 Å². The van der Waals surface area contributed by atoms with E-state index in [0.717, 1.165) is 16.5 Å². The number of hydrogen-bond donors (Lipinski definition) is 1. The first-order valence-corrected chi connectivity index (χ1v) is 6.93. The average Bonchev–Trinajstić information content (AvgIpc) is 2.97. The lowest BCUT2D eigenvalue weighted by Gasteiger charge is -2.07. The predicted molar refractivity (Wildman–Crippen MR) is 83.9 cm³/mol. The third kappa shape index (κ3) is 2.38. The molecule has 1 atom stereocenters. The highest BCUT2D eigenvalue weighted by atomic mass is 16.5. The van der Waals surface area contributed by atoms with Gasteiger partial charge in [-0.3, -0.25) is 0 Å². The number of benzene rings is 2. The van der Waals surface area contributed by atoms with E-state index in [1.54, 1.807) is 31.4 Å². The van der Waals surface area contributed by atoms with Crippen molar-refractivity contribution < 1.29 is 14.3 Å². The molecule has 0 bridgehead atoms. The Morgan fingerprint density at radius 1 is 1.18 bits per heavy atom. The standard InChI is InChI=1S/C18H15NO3/c1-11(10-19)16-9-15(21-2)7-13-8-17(22-18(13)16)12-3-5-14(20)6-4-12/h3-9,11,20H,1-2H3. The molecule has 0 aliphatic heterocycles. The molecule has 0 saturated heterocycles. The minimum atomic E-state index is -0.295. The first-order chi connectivity index (χ1) is 10.6. The monoisotopic (exact) mass is 293 g/mol. The van der Waals surface area contributed by atoms with Crippen LogP contribution in [0.1, 0.15) is 18.4 Å². The quantitative estimate of drug-likeness (QED) is 0.775. The predicted octanol–water partition coefficient (Wildman–Crippen LogP) is 4.44. The molecule has 2 aromatic carbocycles. The summed E-state index contributed by atoms with van der Waals surface area (Å²) < 4.78 is 11.3. The van der Waals surface area contributed by atoms with Crippen molar-refractivity contribution in [3.05, 3.63) is 48.0 Å². The van der Waals surface area contributed by atoms with E-state index >= 15 is 0 Å². The van der Waals surface area contributed by atoms with E-state index in [1.807, 2.05) is 25.1 Å². The van der Waals surface area contributed by atoms with Crippen molar-refractivity contribution in [3.8, 4) is 28.9 Å². The number of hydrogen-bond acceptors (Lipinski definition) is 4. The molecule has 0 radical (unpaired) electrons. The topological polar surface area (TPSA) is 66.4 Å². The highest BCUT2D eigenvalue weighted by Crippen LogP contribution is 2.36. The van der Waals surface area contributed by atoms with Crippen LogP contribution in [0.5, 0.6) is 11.5 Å². The summed E-state index contributed by atoms with van der Waals surface area (Å²) in [5.41, 5.74) is 2.36. The SMILES string of the molecule is COc1cc(C(C)C#N)c2oc(-c3ccc(O)cc3)cc2c1. The van der Waals surface area contributed by atoms with Crippen LogP contribution >= 0.6 is 0 Å². The van der Waals surface area contributed by atoms with E-state index in [-0.39, 0.29) is 11.7 Å². The second kappa shape index (κ2) is 5.45. The number of phenolic OH excluding ortho intramolecular Hbond substituents is 1. The Morgan fingerprint density at radius 3 is 2.55 bits per heavy atom. The number of rotatable bonds is 3. The van der Waals surface area contributed by atoms with Crippen molar-refractivity contribution >= 4 is 11.0 Å². The van der Waals surface area contributed by atoms with Crippen molar-refractivity contribution in [1.82, 2.24) is 0 Å². The second-order valence-corrected chi connectivity index (χ2v) is 5.14. The number of aromatic hydroxyl groups is 1. The summed E-state index contributed by atoms with van der Waals surface area (Å²) in [4.78, 5) is 0. The summed E-state index contributed by atoms with van der Waals surface area (Å²) in [6.45, 7) is 1.83. The third-order valence-corrected chi connectivity index (χ3v) is 3.67. The summed E-state index contributed by atoms with van der Waals surface area (Å²) in [5.74, 6) is 1.30. The van der Waals surface area contributed by atoms with Crippen LogP contribution in [0.15, 0.2) is 46.9 Å². The Balaban J connectivity index is 2.20. The molecule has 0 aliphatic rings. The Bertz CT molecular complexity index is 856. The van der Waals surface area contributed by atoms with Gasteiger partial charge in [-0.05, 0) is 49.4 Å². The lowest BCUT2D eigenvalue weighted by molar-refractivity contribution is 0.414. The first kappa shape index (κ1) is 14.0. The van der Waals surface area contributed by atoms with Crippen molar-refractivity contribution in [2.45, 2.75) is 12.8 Å². The minimum Gasteiger partial charge on any atom is -0.508 e. The Labute approximate surface area is 128 Å². The number of nitrogens with zero attached hydrogens (tertiary/aromatic N) is 1. The Hall–Kier alpha value is -2.93. The maximum absolute atomic E-state index is 9.38. The Kier molecular flexibility index (Phi) is 3.48. The molecular formula is C18H15NO3. The summed E-state index contributed by atoms with van der Waals surface area (Å²) in [7, 11) is 1.60. The third-order valence-electron chi connectivity index (χ3n) is 3.67. The van der Waals surface area contributed by atoms with E-state index in [4.69, 9.17) is 9.15 Å². The molecule has 3 rings (SSSR count). The van der Waals surface area contributed by atoms with Crippen LogP contribution in [-0.4, -0.2) is 12.2 Å². The molecule has 0 aliphatic carbocycles. The smallest absolute Gasteiger partial charge is 0.139 e. The van der Waals surface area contributed by atoms with Gasteiger partial charge in [-0.25, -0.2) is 0 Å². The maximum Gasteiger partial charge on any atom is 0.139 e. The number of methoxy groups -OCH3 is 1. The van der Waals surface area contributed by atoms with Gasteiger partial charge in [-0.15, -0.1) is 0 Å². The molecule has 1 N–H and O–H groups in total. The summed E-state index contributed by atoms with van der Waals surface area (Å²) in [6.07, 6.45) is 0. The zero-order chi connectivity index (χ0) is 15.7. The summed E-state index contributed by atoms with van der Waals surface area (Å²) in [6, 6.07) is 14.7.